The second-order valence-corrected chi connectivity index (χ2v) is 5.43. The monoisotopic (exact) mass is 246 g/mol. The van der Waals surface area contributed by atoms with Crippen LogP contribution in [0.15, 0.2) is 18.2 Å². The molecule has 3 heteroatoms. The van der Waals surface area contributed by atoms with E-state index in [9.17, 15) is 4.39 Å². The normalized spacial score (nSPS) is 20.0. The highest BCUT2D eigenvalue weighted by atomic mass is 35.5. The number of benzene rings is 1. The van der Waals surface area contributed by atoms with Crippen LogP contribution < -0.4 is 0 Å². The molecule has 2 rings (SSSR count). The molecule has 1 aliphatic carbocycles. The van der Waals surface area contributed by atoms with Gasteiger partial charge in [-0.25, -0.2) is 4.39 Å². The van der Waals surface area contributed by atoms with Gasteiger partial charge in [0, 0.05) is 5.38 Å². The van der Waals surface area contributed by atoms with Gasteiger partial charge in [0.15, 0.2) is 0 Å². The minimum Gasteiger partial charge on any atom is -0.205 e. The topological polar surface area (TPSA) is 0 Å². The standard InChI is InChI=1S/C12H13Cl2F/c1-8(13)12(5-6-12)7-9-3-2-4-10(14)11(9)15/h2-4,8H,5-7H2,1H3. The van der Waals surface area contributed by atoms with Crippen molar-refractivity contribution >= 4 is 23.2 Å². The largest absolute Gasteiger partial charge is 0.205 e. The fraction of sp³-hybridized carbons (Fsp3) is 0.500. The number of hydrogen-bond acceptors (Lipinski definition) is 0. The third-order valence-corrected chi connectivity index (χ3v) is 4.06. The molecule has 1 atom stereocenters. The summed E-state index contributed by atoms with van der Waals surface area (Å²) in [6.07, 6.45) is 2.87. The third-order valence-electron chi connectivity index (χ3n) is 3.31. The Balaban J connectivity index is 2.22. The number of hydrogen-bond donors (Lipinski definition) is 0. The van der Waals surface area contributed by atoms with Crippen molar-refractivity contribution in [3.8, 4) is 0 Å². The van der Waals surface area contributed by atoms with E-state index in [0.29, 0.717) is 12.0 Å². The average Bonchev–Trinajstić information content (AvgIpc) is 2.94. The first-order chi connectivity index (χ1) is 7.05. The van der Waals surface area contributed by atoms with E-state index in [1.54, 1.807) is 18.2 Å². The molecule has 1 fully saturated rings. The van der Waals surface area contributed by atoms with Gasteiger partial charge in [-0.15, -0.1) is 11.6 Å². The van der Waals surface area contributed by atoms with Crippen LogP contribution in [0.4, 0.5) is 4.39 Å². The Morgan fingerprint density at radius 3 is 2.67 bits per heavy atom. The molecule has 0 N–H and O–H groups in total. The maximum atomic E-state index is 13.6. The molecule has 0 nitrogen and oxygen atoms in total. The maximum Gasteiger partial charge on any atom is 0.144 e. The molecular weight excluding hydrogens is 234 g/mol. The maximum absolute atomic E-state index is 13.6. The summed E-state index contributed by atoms with van der Waals surface area (Å²) in [7, 11) is 0. The molecule has 0 amide bonds. The van der Waals surface area contributed by atoms with E-state index in [-0.39, 0.29) is 21.6 Å². The molecule has 1 aliphatic rings. The van der Waals surface area contributed by atoms with Crippen LogP contribution in [0.25, 0.3) is 0 Å². The predicted octanol–water partition coefficient (Wildman–Crippen LogP) is 4.43. The molecule has 1 saturated carbocycles. The fourth-order valence-electron chi connectivity index (χ4n) is 1.94. The van der Waals surface area contributed by atoms with Crippen molar-refractivity contribution in [1.82, 2.24) is 0 Å². The molecule has 0 radical (unpaired) electrons. The van der Waals surface area contributed by atoms with Gasteiger partial charge in [-0.3, -0.25) is 0 Å². The third kappa shape index (κ3) is 2.14. The van der Waals surface area contributed by atoms with Gasteiger partial charge in [0.05, 0.1) is 5.02 Å². The van der Waals surface area contributed by atoms with Gasteiger partial charge in [-0.2, -0.15) is 0 Å². The Morgan fingerprint density at radius 1 is 1.47 bits per heavy atom. The van der Waals surface area contributed by atoms with Crippen LogP contribution in [0.1, 0.15) is 25.3 Å². The Morgan fingerprint density at radius 2 is 2.13 bits per heavy atom. The fourth-order valence-corrected chi connectivity index (χ4v) is 2.43. The molecule has 15 heavy (non-hydrogen) atoms. The van der Waals surface area contributed by atoms with E-state index in [1.807, 2.05) is 6.92 Å². The molecule has 82 valence electrons. The SMILES string of the molecule is CC(Cl)C1(Cc2cccc(Cl)c2F)CC1. The van der Waals surface area contributed by atoms with E-state index < -0.39 is 0 Å². The first kappa shape index (κ1) is 11.2. The van der Waals surface area contributed by atoms with Crippen LogP contribution in [0.5, 0.6) is 0 Å². The Labute approximate surface area is 99.4 Å². The molecule has 0 aliphatic heterocycles. The van der Waals surface area contributed by atoms with Crippen molar-refractivity contribution in [3.05, 3.63) is 34.6 Å². The van der Waals surface area contributed by atoms with E-state index in [2.05, 4.69) is 0 Å². The van der Waals surface area contributed by atoms with Crippen molar-refractivity contribution in [2.75, 3.05) is 0 Å². The summed E-state index contributed by atoms with van der Waals surface area (Å²) in [5, 5.41) is 0.293. The van der Waals surface area contributed by atoms with Gasteiger partial charge < -0.3 is 0 Å². The second kappa shape index (κ2) is 3.95. The van der Waals surface area contributed by atoms with Crippen LogP contribution in [0, 0.1) is 11.2 Å². The van der Waals surface area contributed by atoms with E-state index in [4.69, 9.17) is 23.2 Å². The molecule has 0 aromatic heterocycles. The van der Waals surface area contributed by atoms with Gasteiger partial charge >= 0.3 is 0 Å². The highest BCUT2D eigenvalue weighted by Crippen LogP contribution is 2.53. The molecule has 1 unspecified atom stereocenters. The zero-order valence-corrected chi connectivity index (χ0v) is 10.1. The van der Waals surface area contributed by atoms with Gasteiger partial charge in [0.1, 0.15) is 5.82 Å². The lowest BCUT2D eigenvalue weighted by atomic mass is 9.93. The lowest BCUT2D eigenvalue weighted by Crippen LogP contribution is -2.16. The highest BCUT2D eigenvalue weighted by Gasteiger charge is 2.46. The summed E-state index contributed by atoms with van der Waals surface area (Å²) >= 11 is 11.9. The summed E-state index contributed by atoms with van der Waals surface area (Å²) in [5.74, 6) is -0.289. The Bertz CT molecular complexity index is 370. The van der Waals surface area contributed by atoms with Gasteiger partial charge in [0.2, 0.25) is 0 Å². The zero-order valence-electron chi connectivity index (χ0n) is 8.56. The predicted molar refractivity (Wildman–Crippen MR) is 62.1 cm³/mol. The molecule has 0 bridgehead atoms. The van der Waals surface area contributed by atoms with E-state index in [1.165, 1.54) is 0 Å². The van der Waals surface area contributed by atoms with Crippen molar-refractivity contribution in [2.24, 2.45) is 5.41 Å². The molecule has 1 aromatic carbocycles. The van der Waals surface area contributed by atoms with Crippen LogP contribution >= 0.6 is 23.2 Å². The zero-order chi connectivity index (χ0) is 11.1. The van der Waals surface area contributed by atoms with E-state index >= 15 is 0 Å². The molecule has 0 saturated heterocycles. The van der Waals surface area contributed by atoms with Gasteiger partial charge in [-0.05, 0) is 43.2 Å². The van der Waals surface area contributed by atoms with E-state index in [0.717, 1.165) is 12.8 Å². The summed E-state index contributed by atoms with van der Waals surface area (Å²) < 4.78 is 13.6. The smallest absolute Gasteiger partial charge is 0.144 e. The Kier molecular flexibility index (Phi) is 2.96. The summed E-state index contributed by atoms with van der Waals surface area (Å²) in [5.41, 5.74) is 0.792. The highest BCUT2D eigenvalue weighted by molar-refractivity contribution is 6.30. The van der Waals surface area contributed by atoms with Gasteiger partial charge in [-0.1, -0.05) is 23.7 Å². The minimum absolute atomic E-state index is 0.0934. The summed E-state index contributed by atoms with van der Waals surface area (Å²) in [6.45, 7) is 1.98. The Hall–Kier alpha value is -0.270. The van der Waals surface area contributed by atoms with Crippen LogP contribution in [0.3, 0.4) is 0 Å². The van der Waals surface area contributed by atoms with Crippen molar-refractivity contribution in [3.63, 3.8) is 0 Å². The average molecular weight is 247 g/mol. The van der Waals surface area contributed by atoms with Crippen molar-refractivity contribution in [2.45, 2.75) is 31.6 Å². The van der Waals surface area contributed by atoms with Gasteiger partial charge in [0.25, 0.3) is 0 Å². The van der Waals surface area contributed by atoms with Crippen LogP contribution in [0.2, 0.25) is 5.02 Å². The first-order valence-corrected chi connectivity index (χ1v) is 5.93. The molecular formula is C12H13Cl2F. The molecule has 0 heterocycles. The number of alkyl halides is 1. The lowest BCUT2D eigenvalue weighted by Gasteiger charge is -2.18. The number of halogens is 3. The quantitative estimate of drug-likeness (QED) is 0.693. The number of rotatable bonds is 3. The van der Waals surface area contributed by atoms with Crippen LogP contribution in [-0.4, -0.2) is 5.38 Å². The van der Waals surface area contributed by atoms with Crippen molar-refractivity contribution < 1.29 is 4.39 Å². The second-order valence-electron chi connectivity index (χ2n) is 4.37. The van der Waals surface area contributed by atoms with Crippen molar-refractivity contribution in [1.29, 1.82) is 0 Å². The van der Waals surface area contributed by atoms with Crippen LogP contribution in [-0.2, 0) is 6.42 Å². The summed E-state index contributed by atoms with van der Waals surface area (Å²) in [4.78, 5) is 0. The molecule has 1 aromatic rings. The summed E-state index contributed by atoms with van der Waals surface area (Å²) in [6, 6.07) is 5.15. The lowest BCUT2D eigenvalue weighted by molar-refractivity contribution is 0.480. The minimum atomic E-state index is -0.289. The molecule has 0 spiro atoms. The first-order valence-electron chi connectivity index (χ1n) is 5.12.